The van der Waals surface area contributed by atoms with Crippen LogP contribution in [0.15, 0.2) is 48.5 Å². The van der Waals surface area contributed by atoms with Crippen molar-refractivity contribution in [3.05, 3.63) is 70.5 Å². The fourth-order valence-electron chi connectivity index (χ4n) is 3.26. The van der Waals surface area contributed by atoms with Gasteiger partial charge in [0.05, 0.1) is 19.9 Å². The summed E-state index contributed by atoms with van der Waals surface area (Å²) in [5, 5.41) is 6.39. The van der Waals surface area contributed by atoms with Gasteiger partial charge in [-0.05, 0) is 55.8 Å². The van der Waals surface area contributed by atoms with Gasteiger partial charge in [0, 0.05) is 34.7 Å². The molecule has 0 fully saturated rings. The van der Waals surface area contributed by atoms with Gasteiger partial charge in [-0.2, -0.15) is 0 Å². The van der Waals surface area contributed by atoms with Crippen LogP contribution in [0.2, 0.25) is 5.02 Å². The lowest BCUT2D eigenvalue weighted by molar-refractivity contribution is 0.251. The van der Waals surface area contributed by atoms with E-state index in [1.165, 1.54) is 0 Å². The van der Waals surface area contributed by atoms with Gasteiger partial charge in [-0.3, -0.25) is 0 Å². The molecule has 0 saturated heterocycles. The summed E-state index contributed by atoms with van der Waals surface area (Å²) in [6.45, 7) is 4.44. The lowest BCUT2D eigenvalue weighted by atomic mass is 10.2. The van der Waals surface area contributed by atoms with E-state index >= 15 is 0 Å². The quantitative estimate of drug-likeness (QED) is 0.591. The summed E-state index contributed by atoms with van der Waals surface area (Å²) < 4.78 is 12.6. The number of halogens is 1. The molecule has 3 aromatic rings. The molecule has 1 heterocycles. The maximum absolute atomic E-state index is 12.4. The van der Waals surface area contributed by atoms with Crippen molar-refractivity contribution in [1.82, 2.24) is 9.88 Å². The van der Waals surface area contributed by atoms with Gasteiger partial charge < -0.3 is 24.7 Å². The number of nitrogens with one attached hydrogen (secondary N) is 2. The number of aryl methyl sites for hydroxylation is 1. The second-order valence-corrected chi connectivity index (χ2v) is 7.02. The molecule has 7 heteroatoms. The highest BCUT2D eigenvalue weighted by atomic mass is 35.5. The van der Waals surface area contributed by atoms with Crippen molar-refractivity contribution in [3.8, 4) is 17.2 Å². The molecule has 0 saturated carbocycles. The Morgan fingerprint density at radius 3 is 2.55 bits per heavy atom. The predicted octanol–water partition coefficient (Wildman–Crippen LogP) is 5.09. The summed E-state index contributed by atoms with van der Waals surface area (Å²) in [5.41, 5.74) is 4.70. The van der Waals surface area contributed by atoms with Crippen LogP contribution in [0.4, 0.5) is 10.5 Å². The molecule has 6 nitrogen and oxygen atoms in total. The number of hydrogen-bond donors (Lipinski definition) is 2. The van der Waals surface area contributed by atoms with E-state index in [0.29, 0.717) is 28.8 Å². The minimum atomic E-state index is -0.318. The number of methoxy groups -OCH3 is 2. The molecule has 0 spiro atoms. The monoisotopic (exact) mass is 413 g/mol. The first-order chi connectivity index (χ1) is 13.9. The largest absolute Gasteiger partial charge is 0.497 e. The van der Waals surface area contributed by atoms with Gasteiger partial charge in [-0.15, -0.1) is 0 Å². The summed E-state index contributed by atoms with van der Waals surface area (Å²) in [6.07, 6.45) is 0. The first-order valence-electron chi connectivity index (χ1n) is 9.13. The average Bonchev–Trinajstić information content (AvgIpc) is 3.00. The lowest BCUT2D eigenvalue weighted by Gasteiger charge is -2.13. The van der Waals surface area contributed by atoms with E-state index in [1.54, 1.807) is 32.4 Å². The Hall–Kier alpha value is -3.12. The van der Waals surface area contributed by atoms with E-state index in [-0.39, 0.29) is 6.03 Å². The highest BCUT2D eigenvalue weighted by Crippen LogP contribution is 2.29. The molecular formula is C22H24ClN3O3. The van der Waals surface area contributed by atoms with Crippen molar-refractivity contribution in [2.75, 3.05) is 19.5 Å². The zero-order valence-corrected chi connectivity index (χ0v) is 17.6. The van der Waals surface area contributed by atoms with Crippen LogP contribution in [0.1, 0.15) is 17.0 Å². The molecule has 29 heavy (non-hydrogen) atoms. The second-order valence-electron chi connectivity index (χ2n) is 6.59. The van der Waals surface area contributed by atoms with Crippen molar-refractivity contribution in [3.63, 3.8) is 0 Å². The number of carbonyl (C=O) groups is 1. The number of nitrogens with zero attached hydrogens (tertiary/aromatic N) is 1. The predicted molar refractivity (Wildman–Crippen MR) is 116 cm³/mol. The van der Waals surface area contributed by atoms with E-state index in [1.807, 2.05) is 38.1 Å². The number of benzene rings is 2. The van der Waals surface area contributed by atoms with Gasteiger partial charge >= 0.3 is 6.03 Å². The maximum Gasteiger partial charge on any atom is 0.319 e. The fraction of sp³-hybridized carbons (Fsp3) is 0.227. The van der Waals surface area contributed by atoms with Gasteiger partial charge in [0.1, 0.15) is 11.5 Å². The topological polar surface area (TPSA) is 64.5 Å². The third kappa shape index (κ3) is 4.66. The number of aromatic nitrogens is 1. The zero-order valence-electron chi connectivity index (χ0n) is 16.9. The molecule has 0 radical (unpaired) electrons. The first-order valence-corrected chi connectivity index (χ1v) is 9.51. The molecule has 0 aliphatic carbocycles. The van der Waals surface area contributed by atoms with Crippen LogP contribution < -0.4 is 20.1 Å². The van der Waals surface area contributed by atoms with Crippen molar-refractivity contribution >= 4 is 23.3 Å². The molecule has 152 valence electrons. The second kappa shape index (κ2) is 8.92. The zero-order chi connectivity index (χ0) is 21.0. The Bertz CT molecular complexity index is 1030. The number of carbonyl (C=O) groups excluding carboxylic acids is 1. The van der Waals surface area contributed by atoms with Crippen molar-refractivity contribution < 1.29 is 14.3 Å². The van der Waals surface area contributed by atoms with Gasteiger partial charge in [0.2, 0.25) is 0 Å². The number of ether oxygens (including phenoxy) is 2. The minimum Gasteiger partial charge on any atom is -0.497 e. The molecular weight excluding hydrogens is 390 g/mol. The summed E-state index contributed by atoms with van der Waals surface area (Å²) >= 11 is 6.13. The molecule has 0 aliphatic rings. The Morgan fingerprint density at radius 2 is 1.86 bits per heavy atom. The van der Waals surface area contributed by atoms with E-state index in [9.17, 15) is 4.79 Å². The first kappa shape index (κ1) is 20.6. The van der Waals surface area contributed by atoms with Crippen molar-refractivity contribution in [2.45, 2.75) is 20.4 Å². The number of urea groups is 1. The molecule has 3 rings (SSSR count). The van der Waals surface area contributed by atoms with Crippen LogP contribution in [0.25, 0.3) is 5.69 Å². The number of anilines is 1. The molecule has 0 atom stereocenters. The Labute approximate surface area is 175 Å². The van der Waals surface area contributed by atoms with Gasteiger partial charge in [0.25, 0.3) is 0 Å². The fourth-order valence-corrected chi connectivity index (χ4v) is 3.45. The van der Waals surface area contributed by atoms with Crippen LogP contribution in [0.5, 0.6) is 11.5 Å². The maximum atomic E-state index is 12.4. The molecule has 1 aromatic heterocycles. The van der Waals surface area contributed by atoms with Gasteiger partial charge in [-0.25, -0.2) is 4.79 Å². The van der Waals surface area contributed by atoms with Gasteiger partial charge in [0.15, 0.2) is 0 Å². The highest BCUT2D eigenvalue weighted by Gasteiger charge is 2.13. The molecule has 0 aliphatic heterocycles. The normalized spacial score (nSPS) is 10.5. The highest BCUT2D eigenvalue weighted by molar-refractivity contribution is 6.30. The summed E-state index contributed by atoms with van der Waals surface area (Å²) in [6, 6.07) is 14.6. The van der Waals surface area contributed by atoms with Crippen molar-refractivity contribution in [1.29, 1.82) is 0 Å². The van der Waals surface area contributed by atoms with Crippen LogP contribution in [-0.2, 0) is 6.54 Å². The Kier molecular flexibility index (Phi) is 6.34. The number of amides is 2. The minimum absolute atomic E-state index is 0.318. The van der Waals surface area contributed by atoms with Gasteiger partial charge in [-0.1, -0.05) is 17.7 Å². The third-order valence-electron chi connectivity index (χ3n) is 4.70. The molecule has 2 aromatic carbocycles. The Morgan fingerprint density at radius 1 is 1.07 bits per heavy atom. The average molecular weight is 414 g/mol. The SMILES string of the molecule is COc1ccc(NC(=O)NCc2cc(C)n(-c3cccc(Cl)c3)c2C)c(OC)c1. The molecule has 2 amide bonds. The summed E-state index contributed by atoms with van der Waals surface area (Å²) in [4.78, 5) is 12.4. The summed E-state index contributed by atoms with van der Waals surface area (Å²) in [7, 11) is 3.12. The van der Waals surface area contributed by atoms with Crippen LogP contribution in [0, 0.1) is 13.8 Å². The molecule has 0 bridgehead atoms. The van der Waals surface area contributed by atoms with Crippen LogP contribution >= 0.6 is 11.6 Å². The number of rotatable bonds is 6. The van der Waals surface area contributed by atoms with E-state index < -0.39 is 0 Å². The Balaban J connectivity index is 1.71. The van der Waals surface area contributed by atoms with E-state index in [2.05, 4.69) is 21.3 Å². The molecule has 2 N–H and O–H groups in total. The third-order valence-corrected chi connectivity index (χ3v) is 4.93. The van der Waals surface area contributed by atoms with E-state index in [4.69, 9.17) is 21.1 Å². The summed E-state index contributed by atoms with van der Waals surface area (Å²) in [5.74, 6) is 1.18. The standard InChI is InChI=1S/C22H24ClN3O3/c1-14-10-16(15(2)26(14)18-7-5-6-17(23)11-18)13-24-22(27)25-20-9-8-19(28-3)12-21(20)29-4/h5-12H,13H2,1-4H3,(H2,24,25,27). The van der Waals surface area contributed by atoms with E-state index in [0.717, 1.165) is 22.6 Å². The van der Waals surface area contributed by atoms with Crippen LogP contribution in [-0.4, -0.2) is 24.8 Å². The molecule has 0 unspecified atom stereocenters. The smallest absolute Gasteiger partial charge is 0.319 e. The van der Waals surface area contributed by atoms with Crippen molar-refractivity contribution in [2.24, 2.45) is 0 Å². The van der Waals surface area contributed by atoms with Crippen LogP contribution in [0.3, 0.4) is 0 Å². The lowest BCUT2D eigenvalue weighted by Crippen LogP contribution is -2.28. The number of hydrogen-bond acceptors (Lipinski definition) is 3.